The van der Waals surface area contributed by atoms with Crippen molar-refractivity contribution in [2.45, 2.75) is 31.6 Å². The Morgan fingerprint density at radius 3 is 2.89 bits per heavy atom. The van der Waals surface area contributed by atoms with Crippen LogP contribution in [0.3, 0.4) is 0 Å². The summed E-state index contributed by atoms with van der Waals surface area (Å²) >= 11 is 0. The lowest BCUT2D eigenvalue weighted by atomic mass is 9.86. The van der Waals surface area contributed by atoms with Crippen molar-refractivity contribution in [1.82, 2.24) is 9.97 Å². The Balaban J connectivity index is 1.68. The van der Waals surface area contributed by atoms with Gasteiger partial charge in [0.15, 0.2) is 0 Å². The molecule has 2 nitrogen and oxygen atoms in total. The van der Waals surface area contributed by atoms with E-state index in [1.54, 1.807) is 6.33 Å². The fourth-order valence-electron chi connectivity index (χ4n) is 3.83. The third-order valence-electron chi connectivity index (χ3n) is 4.73. The molecular weight excluding hydrogens is 232 g/mol. The molecule has 0 spiro atoms. The third-order valence-corrected chi connectivity index (χ3v) is 4.73. The monoisotopic (exact) mass is 248 g/mol. The largest absolute Gasteiger partial charge is 0.241 e. The van der Waals surface area contributed by atoms with Gasteiger partial charge in [-0.25, -0.2) is 9.97 Å². The topological polar surface area (TPSA) is 25.8 Å². The van der Waals surface area contributed by atoms with Gasteiger partial charge in [0.25, 0.3) is 0 Å². The zero-order chi connectivity index (χ0) is 12.7. The van der Waals surface area contributed by atoms with Gasteiger partial charge >= 0.3 is 0 Å². The van der Waals surface area contributed by atoms with Crippen LogP contribution >= 0.6 is 0 Å². The van der Waals surface area contributed by atoms with Gasteiger partial charge in [0.2, 0.25) is 0 Å². The molecule has 2 heteroatoms. The minimum atomic E-state index is 0.660. The number of rotatable bonds is 2. The lowest BCUT2D eigenvalue weighted by Gasteiger charge is -2.21. The van der Waals surface area contributed by atoms with Crippen molar-refractivity contribution in [1.29, 1.82) is 0 Å². The van der Waals surface area contributed by atoms with Crippen molar-refractivity contribution in [3.8, 4) is 11.3 Å². The number of hydrogen-bond acceptors (Lipinski definition) is 2. The Morgan fingerprint density at radius 1 is 1.16 bits per heavy atom. The molecule has 2 saturated carbocycles. The van der Waals surface area contributed by atoms with Gasteiger partial charge in [0, 0.05) is 11.6 Å². The van der Waals surface area contributed by atoms with E-state index in [9.17, 15) is 0 Å². The average Bonchev–Trinajstić information content (AvgIpc) is 3.11. The number of nitrogens with zero attached hydrogens (tertiary/aromatic N) is 2. The minimum Gasteiger partial charge on any atom is -0.241 e. The molecule has 0 radical (unpaired) electrons. The highest BCUT2D eigenvalue weighted by Gasteiger charge is 2.40. The molecule has 0 amide bonds. The van der Waals surface area contributed by atoms with Gasteiger partial charge in [-0.05, 0) is 49.3 Å². The molecule has 2 aliphatic rings. The van der Waals surface area contributed by atoms with Gasteiger partial charge in [0.1, 0.15) is 6.33 Å². The lowest BCUT2D eigenvalue weighted by Crippen LogP contribution is -2.10. The highest BCUT2D eigenvalue weighted by molar-refractivity contribution is 5.56. The zero-order valence-electron chi connectivity index (χ0n) is 10.8. The minimum absolute atomic E-state index is 0.660. The molecule has 1 aromatic carbocycles. The van der Waals surface area contributed by atoms with Gasteiger partial charge in [0.05, 0.1) is 11.3 Å². The van der Waals surface area contributed by atoms with Crippen molar-refractivity contribution in [3.63, 3.8) is 0 Å². The number of hydrogen-bond donors (Lipinski definition) is 0. The summed E-state index contributed by atoms with van der Waals surface area (Å²) in [6, 6.07) is 14.1. The molecule has 0 aliphatic heterocycles. The fraction of sp³-hybridized carbons (Fsp3) is 0.412. The van der Waals surface area contributed by atoms with Crippen LogP contribution in [0.25, 0.3) is 11.3 Å². The lowest BCUT2D eigenvalue weighted by molar-refractivity contribution is 0.413. The standard InChI is InChI=1S/C17H16N2/c1-2-4-13(5-3-1)16-10-17(19-11-18-16)15-9-12-6-7-14(15)8-12/h1-2,4,10-12,14-15H,6-9H2. The molecule has 0 saturated heterocycles. The summed E-state index contributed by atoms with van der Waals surface area (Å²) in [7, 11) is 0. The molecule has 1 heterocycles. The molecule has 0 N–H and O–H groups in total. The summed E-state index contributed by atoms with van der Waals surface area (Å²) in [5.74, 6) is 2.47. The van der Waals surface area contributed by atoms with Crippen molar-refractivity contribution in [2.24, 2.45) is 11.8 Å². The molecule has 3 atom stereocenters. The maximum absolute atomic E-state index is 4.53. The first-order valence-corrected chi connectivity index (χ1v) is 7.11. The van der Waals surface area contributed by atoms with E-state index in [2.05, 4.69) is 28.2 Å². The summed E-state index contributed by atoms with van der Waals surface area (Å²) in [4.78, 5) is 8.91. The smallest absolute Gasteiger partial charge is 0.116 e. The van der Waals surface area contributed by atoms with Crippen molar-refractivity contribution in [2.75, 3.05) is 0 Å². The van der Waals surface area contributed by atoms with E-state index in [1.807, 2.05) is 18.2 Å². The van der Waals surface area contributed by atoms with Crippen LogP contribution in [0.5, 0.6) is 0 Å². The normalized spacial score (nSPS) is 28.3. The summed E-state index contributed by atoms with van der Waals surface area (Å²) in [6.07, 6.45) is 7.26. The van der Waals surface area contributed by atoms with Crippen molar-refractivity contribution >= 4 is 0 Å². The van der Waals surface area contributed by atoms with Crippen molar-refractivity contribution < 1.29 is 0 Å². The predicted octanol–water partition coefficient (Wildman–Crippen LogP) is 3.65. The van der Waals surface area contributed by atoms with Gasteiger partial charge < -0.3 is 0 Å². The quantitative estimate of drug-likeness (QED) is 0.810. The molecule has 2 aromatic rings. The first kappa shape index (κ1) is 11.0. The molecular formula is C17H16N2. The summed E-state index contributed by atoms with van der Waals surface area (Å²) in [5, 5.41) is 0. The Bertz CT molecular complexity index is 579. The summed E-state index contributed by atoms with van der Waals surface area (Å²) in [5.41, 5.74) is 3.22. The van der Waals surface area contributed by atoms with Crippen LogP contribution in [0.1, 0.15) is 37.3 Å². The van der Waals surface area contributed by atoms with E-state index in [0.29, 0.717) is 5.92 Å². The summed E-state index contributed by atoms with van der Waals surface area (Å²) < 4.78 is 0. The van der Waals surface area contributed by atoms with Crippen LogP contribution in [-0.4, -0.2) is 9.97 Å². The number of aromatic nitrogens is 2. The SMILES string of the molecule is c1cccc(-c2cc(C3CC4CCC3C4)ncn2)c#1. The van der Waals surface area contributed by atoms with Crippen LogP contribution in [0.4, 0.5) is 0 Å². The highest BCUT2D eigenvalue weighted by atomic mass is 14.8. The molecule has 19 heavy (non-hydrogen) atoms. The van der Waals surface area contributed by atoms with Crippen LogP contribution in [0.2, 0.25) is 0 Å². The van der Waals surface area contributed by atoms with Crippen LogP contribution < -0.4 is 0 Å². The first-order chi connectivity index (χ1) is 9.40. The van der Waals surface area contributed by atoms with E-state index in [0.717, 1.165) is 23.1 Å². The van der Waals surface area contributed by atoms with Crippen molar-refractivity contribution in [3.05, 3.63) is 48.4 Å². The van der Waals surface area contributed by atoms with E-state index >= 15 is 0 Å². The van der Waals surface area contributed by atoms with Gasteiger partial charge in [-0.2, -0.15) is 0 Å². The second kappa shape index (κ2) is 4.35. The molecule has 3 unspecified atom stereocenters. The molecule has 1 aromatic heterocycles. The Morgan fingerprint density at radius 2 is 2.16 bits per heavy atom. The molecule has 2 aliphatic carbocycles. The highest BCUT2D eigenvalue weighted by Crippen LogP contribution is 2.52. The maximum Gasteiger partial charge on any atom is 0.116 e. The second-order valence-electron chi connectivity index (χ2n) is 5.82. The predicted molar refractivity (Wildman–Crippen MR) is 73.3 cm³/mol. The second-order valence-corrected chi connectivity index (χ2v) is 5.82. The number of fused-ring (bicyclic) bond motifs is 2. The molecule has 4 rings (SSSR count). The van der Waals surface area contributed by atoms with E-state index in [-0.39, 0.29) is 0 Å². The molecule has 2 bridgehead atoms. The van der Waals surface area contributed by atoms with Gasteiger partial charge in [-0.3, -0.25) is 0 Å². The van der Waals surface area contributed by atoms with Gasteiger partial charge in [-0.15, -0.1) is 0 Å². The molecule has 2 fully saturated rings. The Hall–Kier alpha value is -1.88. The average molecular weight is 248 g/mol. The van der Waals surface area contributed by atoms with Crippen LogP contribution in [0, 0.1) is 24.0 Å². The van der Waals surface area contributed by atoms with E-state index in [1.165, 1.54) is 31.4 Å². The van der Waals surface area contributed by atoms with Crippen LogP contribution in [-0.2, 0) is 0 Å². The Kier molecular flexibility index (Phi) is 2.51. The summed E-state index contributed by atoms with van der Waals surface area (Å²) in [6.45, 7) is 0. The third kappa shape index (κ3) is 1.90. The van der Waals surface area contributed by atoms with E-state index in [4.69, 9.17) is 0 Å². The fourth-order valence-corrected chi connectivity index (χ4v) is 3.83. The Labute approximate surface area is 113 Å². The first-order valence-electron chi connectivity index (χ1n) is 7.11. The van der Waals surface area contributed by atoms with E-state index < -0.39 is 0 Å². The zero-order valence-corrected chi connectivity index (χ0v) is 10.8. The molecule has 94 valence electrons. The maximum atomic E-state index is 4.53. The van der Waals surface area contributed by atoms with Gasteiger partial charge in [-0.1, -0.05) is 24.6 Å². The van der Waals surface area contributed by atoms with Crippen LogP contribution in [0.15, 0.2) is 30.6 Å².